The third-order valence-corrected chi connectivity index (χ3v) is 5.39. The van der Waals surface area contributed by atoms with Crippen molar-refractivity contribution in [3.05, 3.63) is 69.3 Å². The molecule has 0 saturated heterocycles. The predicted molar refractivity (Wildman–Crippen MR) is 125 cm³/mol. The number of carboxylic acid groups (broad SMARTS) is 1. The number of aromatic hydroxyl groups is 1. The van der Waals surface area contributed by atoms with Crippen LogP contribution in [0.1, 0.15) is 43.9 Å². The molecule has 1 atom stereocenters. The zero-order valence-electron chi connectivity index (χ0n) is 17.2. The Bertz CT molecular complexity index is 922. The summed E-state index contributed by atoms with van der Waals surface area (Å²) >= 11 is 2.14. The lowest BCUT2D eigenvalue weighted by Gasteiger charge is -2.34. The molecule has 1 amide bonds. The summed E-state index contributed by atoms with van der Waals surface area (Å²) in [6, 6.07) is 12.5. The molecule has 2 rings (SSSR count). The van der Waals surface area contributed by atoms with Crippen LogP contribution in [0.3, 0.4) is 0 Å². The maximum atomic E-state index is 12.6. The molecule has 6 nitrogen and oxygen atoms in total. The number of hydrogen-bond acceptors (Lipinski definition) is 4. The second-order valence-corrected chi connectivity index (χ2v) is 8.99. The number of rotatable bonds is 8. The first kappa shape index (κ1) is 23.7. The third-order valence-electron chi connectivity index (χ3n) is 4.72. The molecule has 2 aromatic rings. The first-order valence-electron chi connectivity index (χ1n) is 9.50. The van der Waals surface area contributed by atoms with E-state index in [1.807, 2.05) is 32.9 Å². The van der Waals surface area contributed by atoms with Gasteiger partial charge in [0.25, 0.3) is 0 Å². The number of anilines is 1. The lowest BCUT2D eigenvalue weighted by molar-refractivity contribution is -0.131. The summed E-state index contributed by atoms with van der Waals surface area (Å²) in [6.45, 7) is 5.80. The van der Waals surface area contributed by atoms with Crippen LogP contribution in [-0.2, 0) is 9.53 Å². The van der Waals surface area contributed by atoms with E-state index in [-0.39, 0.29) is 5.75 Å². The highest BCUT2D eigenvalue weighted by molar-refractivity contribution is 14.1. The molecule has 0 bridgehead atoms. The Kier molecular flexibility index (Phi) is 8.28. The number of nitrogens with one attached hydrogen (secondary N) is 1. The van der Waals surface area contributed by atoms with Gasteiger partial charge in [0.05, 0.1) is 0 Å². The summed E-state index contributed by atoms with van der Waals surface area (Å²) in [7, 11) is 0. The third kappa shape index (κ3) is 7.05. The van der Waals surface area contributed by atoms with E-state index < -0.39 is 23.6 Å². The second-order valence-electron chi connectivity index (χ2n) is 7.75. The molecule has 0 unspecified atom stereocenters. The highest BCUT2D eigenvalue weighted by atomic mass is 127. The number of carbonyl (C=O) groups is 2. The van der Waals surface area contributed by atoms with Crippen LogP contribution in [0.15, 0.2) is 54.6 Å². The number of aliphatic carboxylic acids is 1. The Morgan fingerprint density at radius 1 is 1.20 bits per heavy atom. The fourth-order valence-electron chi connectivity index (χ4n) is 3.04. The number of amides is 1. The molecule has 3 N–H and O–H groups in total. The standard InChI is InChI=1S/C23H26INO5/c1-15-7-10-17(11-8-15)25-22(29)30-21(18-14-16(24)9-12-19(18)26)23(2,3)13-5-4-6-20(27)28/h4,6-12,14,21,26H,5,13H2,1-3H3,(H,25,29)(H,27,28)/b6-4+/t21-/m0/s1. The highest BCUT2D eigenvalue weighted by Crippen LogP contribution is 2.44. The van der Waals surface area contributed by atoms with E-state index in [9.17, 15) is 14.7 Å². The first-order chi connectivity index (χ1) is 14.1. The van der Waals surface area contributed by atoms with Crippen molar-refractivity contribution >= 4 is 40.3 Å². The number of aryl methyl sites for hydroxylation is 1. The number of phenols is 1. The average Bonchev–Trinajstić information content (AvgIpc) is 2.67. The number of benzene rings is 2. The summed E-state index contributed by atoms with van der Waals surface area (Å²) in [5, 5.41) is 21.9. The fourth-order valence-corrected chi connectivity index (χ4v) is 3.56. The van der Waals surface area contributed by atoms with E-state index in [0.717, 1.165) is 15.2 Å². The maximum absolute atomic E-state index is 12.6. The molecule has 2 aromatic carbocycles. The predicted octanol–water partition coefficient (Wildman–Crippen LogP) is 6.04. The van der Waals surface area contributed by atoms with Crippen molar-refractivity contribution in [2.24, 2.45) is 5.41 Å². The van der Waals surface area contributed by atoms with Gasteiger partial charge < -0.3 is 14.9 Å². The lowest BCUT2D eigenvalue weighted by Crippen LogP contribution is -2.29. The van der Waals surface area contributed by atoms with Crippen LogP contribution in [0.5, 0.6) is 5.75 Å². The minimum atomic E-state index is -1.01. The molecule has 0 heterocycles. The van der Waals surface area contributed by atoms with Gasteiger partial charge in [-0.25, -0.2) is 9.59 Å². The van der Waals surface area contributed by atoms with Crippen LogP contribution in [0, 0.1) is 15.9 Å². The molecular formula is C23H26INO5. The zero-order valence-corrected chi connectivity index (χ0v) is 19.3. The Morgan fingerprint density at radius 2 is 1.87 bits per heavy atom. The minimum absolute atomic E-state index is 0.0395. The van der Waals surface area contributed by atoms with Crippen LogP contribution >= 0.6 is 22.6 Å². The maximum Gasteiger partial charge on any atom is 0.412 e. The van der Waals surface area contributed by atoms with Crippen LogP contribution in [0.25, 0.3) is 0 Å². The molecule has 0 aliphatic carbocycles. The molecule has 0 saturated carbocycles. The number of halogens is 1. The van der Waals surface area contributed by atoms with Crippen molar-refractivity contribution in [3.8, 4) is 5.75 Å². The topological polar surface area (TPSA) is 95.9 Å². The summed E-state index contributed by atoms with van der Waals surface area (Å²) in [5.74, 6) is -0.967. The van der Waals surface area contributed by atoms with E-state index in [2.05, 4.69) is 27.9 Å². The van der Waals surface area contributed by atoms with Gasteiger partial charge in [0.1, 0.15) is 11.9 Å². The largest absolute Gasteiger partial charge is 0.508 e. The Hall–Kier alpha value is -2.55. The number of hydrogen-bond donors (Lipinski definition) is 3. The van der Waals surface area contributed by atoms with Gasteiger partial charge in [0, 0.05) is 26.3 Å². The van der Waals surface area contributed by atoms with Crippen LogP contribution in [0.4, 0.5) is 10.5 Å². The molecule has 0 aliphatic heterocycles. The molecule has 0 radical (unpaired) electrons. The number of phenolic OH excluding ortho intramolecular Hbond substituents is 1. The van der Waals surface area contributed by atoms with Crippen molar-refractivity contribution in [2.45, 2.75) is 39.7 Å². The highest BCUT2D eigenvalue weighted by Gasteiger charge is 2.35. The fraction of sp³-hybridized carbons (Fsp3) is 0.304. The number of carbonyl (C=O) groups excluding carboxylic acids is 1. The molecule has 160 valence electrons. The molecule has 0 aliphatic rings. The van der Waals surface area contributed by atoms with Crippen molar-refractivity contribution in [1.82, 2.24) is 0 Å². The van der Waals surface area contributed by atoms with Gasteiger partial charge in [0.15, 0.2) is 0 Å². The Labute approximate surface area is 190 Å². The summed E-state index contributed by atoms with van der Waals surface area (Å²) in [4.78, 5) is 23.3. The van der Waals surface area contributed by atoms with Crippen LogP contribution in [-0.4, -0.2) is 22.3 Å². The Morgan fingerprint density at radius 3 is 2.50 bits per heavy atom. The van der Waals surface area contributed by atoms with E-state index >= 15 is 0 Å². The van der Waals surface area contributed by atoms with Gasteiger partial charge >= 0.3 is 12.1 Å². The Balaban J connectivity index is 2.26. The summed E-state index contributed by atoms with van der Waals surface area (Å²) in [5.41, 5.74) is 1.62. The van der Waals surface area contributed by atoms with Crippen molar-refractivity contribution in [2.75, 3.05) is 5.32 Å². The summed E-state index contributed by atoms with van der Waals surface area (Å²) < 4.78 is 6.69. The number of carboxylic acids is 1. The monoisotopic (exact) mass is 523 g/mol. The van der Waals surface area contributed by atoms with Crippen molar-refractivity contribution in [1.29, 1.82) is 0 Å². The van der Waals surface area contributed by atoms with Gasteiger partial charge in [-0.1, -0.05) is 37.6 Å². The first-order valence-corrected chi connectivity index (χ1v) is 10.6. The van der Waals surface area contributed by atoms with Gasteiger partial charge in [0.2, 0.25) is 0 Å². The molecule has 30 heavy (non-hydrogen) atoms. The minimum Gasteiger partial charge on any atom is -0.508 e. The smallest absolute Gasteiger partial charge is 0.412 e. The molecule has 0 fully saturated rings. The van der Waals surface area contributed by atoms with Gasteiger partial charge in [-0.2, -0.15) is 0 Å². The SMILES string of the molecule is Cc1ccc(NC(=O)O[C@@H](c2cc(I)ccc2O)C(C)(C)CC/C=C/C(=O)O)cc1. The quantitative estimate of drug-likeness (QED) is 0.290. The van der Waals surface area contributed by atoms with Crippen molar-refractivity contribution in [3.63, 3.8) is 0 Å². The summed E-state index contributed by atoms with van der Waals surface area (Å²) in [6.07, 6.45) is 2.33. The van der Waals surface area contributed by atoms with E-state index in [4.69, 9.17) is 9.84 Å². The van der Waals surface area contributed by atoms with Gasteiger partial charge in [-0.05, 0) is 72.7 Å². The lowest BCUT2D eigenvalue weighted by atomic mass is 9.78. The van der Waals surface area contributed by atoms with E-state index in [1.54, 1.807) is 36.4 Å². The molecule has 0 spiro atoms. The van der Waals surface area contributed by atoms with E-state index in [1.165, 1.54) is 0 Å². The average molecular weight is 523 g/mol. The van der Waals surface area contributed by atoms with Crippen molar-refractivity contribution < 1.29 is 24.5 Å². The second kappa shape index (κ2) is 10.5. The van der Waals surface area contributed by atoms with Gasteiger partial charge in [-0.15, -0.1) is 0 Å². The van der Waals surface area contributed by atoms with E-state index in [0.29, 0.717) is 24.1 Å². The molecular weight excluding hydrogens is 497 g/mol. The van der Waals surface area contributed by atoms with Crippen LogP contribution in [0.2, 0.25) is 0 Å². The van der Waals surface area contributed by atoms with Gasteiger partial charge in [-0.3, -0.25) is 5.32 Å². The number of ether oxygens (including phenoxy) is 1. The number of allylic oxidation sites excluding steroid dienone is 1. The molecule has 0 aromatic heterocycles. The normalized spacial score (nSPS) is 12.5. The molecule has 7 heteroatoms. The van der Waals surface area contributed by atoms with Crippen LogP contribution < -0.4 is 5.32 Å². The zero-order chi connectivity index (χ0) is 22.3.